The van der Waals surface area contributed by atoms with Crippen LogP contribution in [0.25, 0.3) is 0 Å². The molecule has 0 radical (unpaired) electrons. The number of ketones is 1. The number of hydrogen-bond donors (Lipinski definition) is 1. The van der Waals surface area contributed by atoms with E-state index < -0.39 is 0 Å². The molecule has 0 bridgehead atoms. The quantitative estimate of drug-likeness (QED) is 0.757. The molecule has 0 aromatic carbocycles. The molecule has 0 unspecified atom stereocenters. The zero-order valence-corrected chi connectivity index (χ0v) is 8.10. The van der Waals surface area contributed by atoms with Gasteiger partial charge in [-0.15, -0.1) is 0 Å². The van der Waals surface area contributed by atoms with Crippen LogP contribution in [0.3, 0.4) is 0 Å². The number of pyridine rings is 1. The maximum Gasteiger partial charge on any atom is 0.250 e. The first-order valence-corrected chi connectivity index (χ1v) is 4.36. The highest BCUT2D eigenvalue weighted by molar-refractivity contribution is 6.06. The Bertz CT molecular complexity index is 465. The lowest BCUT2D eigenvalue weighted by Crippen LogP contribution is -2.07. The van der Waals surface area contributed by atoms with Crippen LogP contribution in [-0.4, -0.2) is 27.8 Å². The number of carbonyl (C=O) groups is 1. The molecule has 2 aromatic heterocycles. The van der Waals surface area contributed by atoms with Gasteiger partial charge in [0, 0.05) is 18.6 Å². The first-order chi connectivity index (χ1) is 7.33. The lowest BCUT2D eigenvalue weighted by atomic mass is 10.2. The number of aromatic nitrogens is 3. The van der Waals surface area contributed by atoms with Crippen molar-refractivity contribution in [3.8, 4) is 5.75 Å². The summed E-state index contributed by atoms with van der Waals surface area (Å²) in [5, 5.41) is 0. The Morgan fingerprint density at radius 1 is 1.40 bits per heavy atom. The second kappa shape index (κ2) is 3.91. The van der Waals surface area contributed by atoms with E-state index in [1.54, 1.807) is 24.5 Å². The highest BCUT2D eigenvalue weighted by Crippen LogP contribution is 2.16. The van der Waals surface area contributed by atoms with Gasteiger partial charge in [0.15, 0.2) is 11.5 Å². The summed E-state index contributed by atoms with van der Waals surface area (Å²) >= 11 is 0. The van der Waals surface area contributed by atoms with E-state index in [0.717, 1.165) is 0 Å². The number of nitrogens with zero attached hydrogens (tertiary/aromatic N) is 2. The summed E-state index contributed by atoms with van der Waals surface area (Å²) in [7, 11) is 1.50. The van der Waals surface area contributed by atoms with Crippen molar-refractivity contribution in [2.24, 2.45) is 0 Å². The van der Waals surface area contributed by atoms with Gasteiger partial charge >= 0.3 is 0 Å². The van der Waals surface area contributed by atoms with Gasteiger partial charge in [-0.1, -0.05) is 0 Å². The summed E-state index contributed by atoms with van der Waals surface area (Å²) < 4.78 is 5.04. The summed E-state index contributed by atoms with van der Waals surface area (Å²) in [4.78, 5) is 22.4. The van der Waals surface area contributed by atoms with E-state index in [2.05, 4.69) is 15.0 Å². The van der Waals surface area contributed by atoms with Crippen LogP contribution in [0, 0.1) is 0 Å². The lowest BCUT2D eigenvalue weighted by Gasteiger charge is -2.03. The number of imidazole rings is 1. The van der Waals surface area contributed by atoms with Crippen LogP contribution in [0.15, 0.2) is 30.7 Å². The summed E-state index contributed by atoms with van der Waals surface area (Å²) in [5.74, 6) is 0.420. The number of aromatic amines is 1. The Morgan fingerprint density at radius 3 is 2.93 bits per heavy atom. The van der Waals surface area contributed by atoms with Crippen LogP contribution in [0.4, 0.5) is 0 Å². The average Bonchev–Trinajstić information content (AvgIpc) is 2.81. The predicted molar refractivity (Wildman–Crippen MR) is 52.8 cm³/mol. The number of carbonyl (C=O) groups excluding carboxylic acids is 1. The maximum absolute atomic E-state index is 11.9. The number of ether oxygens (including phenoxy) is 1. The molecule has 0 saturated carbocycles. The summed E-state index contributed by atoms with van der Waals surface area (Å²) in [6.45, 7) is 0. The molecule has 0 saturated heterocycles. The molecule has 5 heteroatoms. The number of H-pyrrole nitrogens is 1. The van der Waals surface area contributed by atoms with Crippen molar-refractivity contribution in [3.05, 3.63) is 42.2 Å². The Labute approximate surface area is 86.1 Å². The van der Waals surface area contributed by atoms with Crippen LogP contribution < -0.4 is 4.74 Å². The van der Waals surface area contributed by atoms with E-state index in [9.17, 15) is 4.79 Å². The summed E-state index contributed by atoms with van der Waals surface area (Å²) in [5.41, 5.74) is 0.259. The monoisotopic (exact) mass is 203 g/mol. The highest BCUT2D eigenvalue weighted by Gasteiger charge is 2.17. The molecule has 0 atom stereocenters. The topological polar surface area (TPSA) is 67.9 Å². The van der Waals surface area contributed by atoms with Crippen LogP contribution in [0.1, 0.15) is 16.3 Å². The Kier molecular flexibility index (Phi) is 2.45. The minimum Gasteiger partial charge on any atom is -0.494 e. The van der Waals surface area contributed by atoms with E-state index in [1.165, 1.54) is 13.3 Å². The first kappa shape index (κ1) is 9.39. The summed E-state index contributed by atoms with van der Waals surface area (Å²) in [6.07, 6.45) is 4.64. The van der Waals surface area contributed by atoms with E-state index in [-0.39, 0.29) is 17.3 Å². The first-order valence-electron chi connectivity index (χ1n) is 4.36. The standard InChI is InChI=1S/C10H9N3O2/c1-15-7-3-2-4-11-8(7)9(14)10-12-5-6-13-10/h2-6H,1H3,(H,12,13). The SMILES string of the molecule is COc1cccnc1C(=O)c1ncc[nH]1. The molecule has 0 spiro atoms. The molecule has 2 rings (SSSR count). The minimum absolute atomic E-state index is 0.256. The molecule has 1 N–H and O–H groups in total. The van der Waals surface area contributed by atoms with E-state index >= 15 is 0 Å². The zero-order valence-electron chi connectivity index (χ0n) is 8.10. The van der Waals surface area contributed by atoms with Crippen molar-refractivity contribution in [2.75, 3.05) is 7.11 Å². The molecule has 0 aliphatic carbocycles. The molecule has 2 heterocycles. The fourth-order valence-electron chi connectivity index (χ4n) is 1.23. The van der Waals surface area contributed by atoms with Gasteiger partial charge in [-0.05, 0) is 12.1 Å². The Hall–Kier alpha value is -2.17. The predicted octanol–water partition coefficient (Wildman–Crippen LogP) is 1.04. The Morgan fingerprint density at radius 2 is 2.27 bits per heavy atom. The molecular weight excluding hydrogens is 194 g/mol. The normalized spacial score (nSPS) is 9.93. The van der Waals surface area contributed by atoms with Crippen LogP contribution in [0.5, 0.6) is 5.75 Å². The molecule has 5 nitrogen and oxygen atoms in total. The molecule has 2 aromatic rings. The average molecular weight is 203 g/mol. The van der Waals surface area contributed by atoms with Gasteiger partial charge in [0.25, 0.3) is 0 Å². The van der Waals surface area contributed by atoms with Crippen molar-refractivity contribution < 1.29 is 9.53 Å². The van der Waals surface area contributed by atoms with Crippen LogP contribution in [0.2, 0.25) is 0 Å². The highest BCUT2D eigenvalue weighted by atomic mass is 16.5. The second-order valence-corrected chi connectivity index (χ2v) is 2.82. The zero-order chi connectivity index (χ0) is 10.7. The van der Waals surface area contributed by atoms with Gasteiger partial charge in [-0.3, -0.25) is 4.79 Å². The van der Waals surface area contributed by atoms with Crippen molar-refractivity contribution >= 4 is 5.78 Å². The smallest absolute Gasteiger partial charge is 0.250 e. The molecular formula is C10H9N3O2. The number of hydrogen-bond acceptors (Lipinski definition) is 4. The van der Waals surface area contributed by atoms with Gasteiger partial charge < -0.3 is 9.72 Å². The molecule has 0 amide bonds. The van der Waals surface area contributed by atoms with E-state index in [0.29, 0.717) is 5.75 Å². The van der Waals surface area contributed by atoms with Crippen LogP contribution in [-0.2, 0) is 0 Å². The third-order valence-corrected chi connectivity index (χ3v) is 1.92. The molecule has 0 fully saturated rings. The number of methoxy groups -OCH3 is 1. The van der Waals surface area contributed by atoms with E-state index in [1.807, 2.05) is 0 Å². The third kappa shape index (κ3) is 1.71. The van der Waals surface area contributed by atoms with Gasteiger partial charge in [-0.25, -0.2) is 9.97 Å². The third-order valence-electron chi connectivity index (χ3n) is 1.92. The molecule has 15 heavy (non-hydrogen) atoms. The fourth-order valence-corrected chi connectivity index (χ4v) is 1.23. The van der Waals surface area contributed by atoms with Crippen molar-refractivity contribution in [3.63, 3.8) is 0 Å². The minimum atomic E-state index is -0.280. The Balaban J connectivity index is 2.42. The number of rotatable bonds is 3. The second-order valence-electron chi connectivity index (χ2n) is 2.82. The van der Waals surface area contributed by atoms with Gasteiger partial charge in [0.2, 0.25) is 5.78 Å². The van der Waals surface area contributed by atoms with Gasteiger partial charge in [0.1, 0.15) is 5.75 Å². The fraction of sp³-hybridized carbons (Fsp3) is 0.100. The van der Waals surface area contributed by atoms with Crippen molar-refractivity contribution in [1.29, 1.82) is 0 Å². The lowest BCUT2D eigenvalue weighted by molar-refractivity contribution is 0.102. The number of nitrogens with one attached hydrogen (secondary N) is 1. The molecule has 0 aliphatic rings. The van der Waals surface area contributed by atoms with Crippen LogP contribution >= 0.6 is 0 Å². The van der Waals surface area contributed by atoms with Crippen molar-refractivity contribution in [1.82, 2.24) is 15.0 Å². The van der Waals surface area contributed by atoms with E-state index in [4.69, 9.17) is 4.74 Å². The van der Waals surface area contributed by atoms with Gasteiger partial charge in [0.05, 0.1) is 7.11 Å². The molecule has 76 valence electrons. The van der Waals surface area contributed by atoms with Gasteiger partial charge in [-0.2, -0.15) is 0 Å². The largest absolute Gasteiger partial charge is 0.494 e. The van der Waals surface area contributed by atoms with Crippen molar-refractivity contribution in [2.45, 2.75) is 0 Å². The maximum atomic E-state index is 11.9. The molecule has 0 aliphatic heterocycles. The summed E-state index contributed by atoms with van der Waals surface area (Å²) in [6, 6.07) is 3.39.